The van der Waals surface area contributed by atoms with Crippen molar-refractivity contribution in [2.45, 2.75) is 45.8 Å². The van der Waals surface area contributed by atoms with Gasteiger partial charge in [-0.25, -0.2) is 4.98 Å². The Morgan fingerprint density at radius 2 is 2.17 bits per heavy atom. The van der Waals surface area contributed by atoms with Crippen LogP contribution in [0.15, 0.2) is 14.8 Å². The summed E-state index contributed by atoms with van der Waals surface area (Å²) in [7, 11) is 0. The molecule has 1 heterocycles. The van der Waals surface area contributed by atoms with Crippen LogP contribution in [0.5, 0.6) is 0 Å². The van der Waals surface area contributed by atoms with Crippen LogP contribution in [0.25, 0.3) is 0 Å². The highest BCUT2D eigenvalue weighted by Crippen LogP contribution is 2.26. The van der Waals surface area contributed by atoms with Gasteiger partial charge in [-0.1, -0.05) is 30.8 Å². The summed E-state index contributed by atoms with van der Waals surface area (Å²) >= 11 is 1.59. The van der Waals surface area contributed by atoms with Crippen molar-refractivity contribution in [3.05, 3.63) is 11.5 Å². The number of oxazole rings is 1. The summed E-state index contributed by atoms with van der Waals surface area (Å²) in [6.45, 7) is 7.77. The summed E-state index contributed by atoms with van der Waals surface area (Å²) in [5.74, 6) is 2.05. The molecule has 0 saturated carbocycles. The zero-order chi connectivity index (χ0) is 13.8. The van der Waals surface area contributed by atoms with Crippen LogP contribution in [0, 0.1) is 19.3 Å². The standard InChI is InChI=1S/C12H21N3O2S/c1-8-9(2)17-11(14-8)18-7-5-6-12(3,4)10(13)15-16/h16H,5-7H2,1-4H3,(H2,13,15). The van der Waals surface area contributed by atoms with Crippen molar-refractivity contribution in [1.82, 2.24) is 4.98 Å². The summed E-state index contributed by atoms with van der Waals surface area (Å²) < 4.78 is 5.48. The van der Waals surface area contributed by atoms with Crippen LogP contribution in [-0.4, -0.2) is 21.8 Å². The predicted octanol–water partition coefficient (Wildman–Crippen LogP) is 2.94. The molecule has 0 unspecified atom stereocenters. The molecule has 0 radical (unpaired) electrons. The smallest absolute Gasteiger partial charge is 0.256 e. The van der Waals surface area contributed by atoms with E-state index in [0.717, 1.165) is 30.0 Å². The number of thioether (sulfide) groups is 1. The number of hydrogen-bond donors (Lipinski definition) is 2. The number of nitrogens with zero attached hydrogens (tertiary/aromatic N) is 2. The van der Waals surface area contributed by atoms with E-state index in [-0.39, 0.29) is 11.3 Å². The maximum atomic E-state index is 8.67. The van der Waals surface area contributed by atoms with E-state index in [1.807, 2.05) is 27.7 Å². The largest absolute Gasteiger partial charge is 0.437 e. The van der Waals surface area contributed by atoms with Crippen LogP contribution in [0.1, 0.15) is 38.1 Å². The quantitative estimate of drug-likeness (QED) is 0.207. The summed E-state index contributed by atoms with van der Waals surface area (Å²) in [5.41, 5.74) is 6.29. The summed E-state index contributed by atoms with van der Waals surface area (Å²) in [5, 5.41) is 12.5. The molecule has 0 aliphatic carbocycles. The number of aryl methyl sites for hydroxylation is 2. The first kappa shape index (κ1) is 14.9. The van der Waals surface area contributed by atoms with Crippen LogP contribution in [0.2, 0.25) is 0 Å². The van der Waals surface area contributed by atoms with Gasteiger partial charge in [0.05, 0.1) is 5.69 Å². The van der Waals surface area contributed by atoms with Gasteiger partial charge in [0.1, 0.15) is 11.6 Å². The molecule has 0 atom stereocenters. The minimum Gasteiger partial charge on any atom is -0.437 e. The van der Waals surface area contributed by atoms with E-state index in [9.17, 15) is 0 Å². The number of aromatic nitrogens is 1. The molecule has 3 N–H and O–H groups in total. The van der Waals surface area contributed by atoms with E-state index in [2.05, 4.69) is 10.1 Å². The Morgan fingerprint density at radius 3 is 2.67 bits per heavy atom. The molecular formula is C12H21N3O2S. The Labute approximate surface area is 112 Å². The second-order valence-electron chi connectivity index (χ2n) is 4.94. The minimum atomic E-state index is -0.280. The topological polar surface area (TPSA) is 84.6 Å². The van der Waals surface area contributed by atoms with E-state index in [4.69, 9.17) is 15.4 Å². The molecule has 0 bridgehead atoms. The van der Waals surface area contributed by atoms with Crippen molar-refractivity contribution < 1.29 is 9.62 Å². The Kier molecular flexibility index (Phi) is 5.07. The molecule has 102 valence electrons. The number of hydrogen-bond acceptors (Lipinski definition) is 5. The molecule has 1 aromatic rings. The third-order valence-electron chi connectivity index (χ3n) is 2.98. The van der Waals surface area contributed by atoms with Crippen LogP contribution in [-0.2, 0) is 0 Å². The van der Waals surface area contributed by atoms with Crippen molar-refractivity contribution in [1.29, 1.82) is 0 Å². The Balaban J connectivity index is 2.35. The van der Waals surface area contributed by atoms with E-state index in [1.54, 1.807) is 11.8 Å². The molecule has 0 saturated heterocycles. The maximum absolute atomic E-state index is 8.67. The molecule has 18 heavy (non-hydrogen) atoms. The van der Waals surface area contributed by atoms with Gasteiger partial charge in [0.15, 0.2) is 0 Å². The number of amidine groups is 1. The first-order chi connectivity index (χ1) is 8.36. The molecule has 0 fully saturated rings. The fraction of sp³-hybridized carbons (Fsp3) is 0.667. The van der Waals surface area contributed by atoms with Crippen LogP contribution >= 0.6 is 11.8 Å². The zero-order valence-electron chi connectivity index (χ0n) is 11.4. The van der Waals surface area contributed by atoms with Gasteiger partial charge >= 0.3 is 0 Å². The van der Waals surface area contributed by atoms with E-state index >= 15 is 0 Å². The lowest BCUT2D eigenvalue weighted by Crippen LogP contribution is -2.31. The molecular weight excluding hydrogens is 250 g/mol. The van der Waals surface area contributed by atoms with Crippen molar-refractivity contribution in [2.24, 2.45) is 16.3 Å². The number of oxime groups is 1. The van der Waals surface area contributed by atoms with Crippen LogP contribution < -0.4 is 5.73 Å². The van der Waals surface area contributed by atoms with Gasteiger partial charge < -0.3 is 15.4 Å². The Bertz CT molecular complexity index is 407. The normalized spacial score (nSPS) is 13.0. The van der Waals surface area contributed by atoms with Gasteiger partial charge in [-0.05, 0) is 26.7 Å². The predicted molar refractivity (Wildman–Crippen MR) is 73.1 cm³/mol. The Hall–Kier alpha value is -1.17. The van der Waals surface area contributed by atoms with Crippen LogP contribution in [0.3, 0.4) is 0 Å². The molecule has 0 amide bonds. The highest BCUT2D eigenvalue weighted by molar-refractivity contribution is 7.99. The summed E-state index contributed by atoms with van der Waals surface area (Å²) in [4.78, 5) is 4.30. The van der Waals surface area contributed by atoms with Crippen molar-refractivity contribution in [3.8, 4) is 0 Å². The van der Waals surface area contributed by atoms with Gasteiger partial charge in [0.2, 0.25) is 0 Å². The van der Waals surface area contributed by atoms with E-state index in [0.29, 0.717) is 5.22 Å². The molecule has 0 aliphatic heterocycles. The monoisotopic (exact) mass is 271 g/mol. The first-order valence-electron chi connectivity index (χ1n) is 5.91. The van der Waals surface area contributed by atoms with Crippen molar-refractivity contribution in [2.75, 3.05) is 5.75 Å². The molecule has 6 heteroatoms. The van der Waals surface area contributed by atoms with Gasteiger partial charge in [-0.15, -0.1) is 0 Å². The molecule has 0 aromatic carbocycles. The van der Waals surface area contributed by atoms with Gasteiger partial charge in [-0.2, -0.15) is 0 Å². The van der Waals surface area contributed by atoms with Crippen LogP contribution in [0.4, 0.5) is 0 Å². The molecule has 1 rings (SSSR count). The summed E-state index contributed by atoms with van der Waals surface area (Å²) in [6.07, 6.45) is 1.81. The van der Waals surface area contributed by atoms with Gasteiger partial charge in [0, 0.05) is 11.2 Å². The second-order valence-corrected chi connectivity index (χ2v) is 5.99. The highest BCUT2D eigenvalue weighted by atomic mass is 32.2. The Morgan fingerprint density at radius 1 is 1.50 bits per heavy atom. The lowest BCUT2D eigenvalue weighted by atomic mass is 9.87. The number of rotatable bonds is 6. The number of nitrogens with two attached hydrogens (primary N) is 1. The van der Waals surface area contributed by atoms with Gasteiger partial charge in [-0.3, -0.25) is 0 Å². The maximum Gasteiger partial charge on any atom is 0.256 e. The third-order valence-corrected chi connectivity index (χ3v) is 3.90. The van der Waals surface area contributed by atoms with Crippen molar-refractivity contribution >= 4 is 17.6 Å². The molecule has 0 spiro atoms. The SMILES string of the molecule is Cc1nc(SCCCC(C)(C)C(N)=NO)oc1C. The second kappa shape index (κ2) is 6.13. The first-order valence-corrected chi connectivity index (χ1v) is 6.90. The molecule has 0 aliphatic rings. The van der Waals surface area contributed by atoms with Gasteiger partial charge in [0.25, 0.3) is 5.22 Å². The lowest BCUT2D eigenvalue weighted by Gasteiger charge is -2.22. The fourth-order valence-electron chi connectivity index (χ4n) is 1.44. The zero-order valence-corrected chi connectivity index (χ0v) is 12.2. The minimum absolute atomic E-state index is 0.273. The highest BCUT2D eigenvalue weighted by Gasteiger charge is 2.22. The molecule has 5 nitrogen and oxygen atoms in total. The van der Waals surface area contributed by atoms with E-state index < -0.39 is 0 Å². The van der Waals surface area contributed by atoms with Crippen molar-refractivity contribution in [3.63, 3.8) is 0 Å². The molecule has 1 aromatic heterocycles. The lowest BCUT2D eigenvalue weighted by molar-refractivity contribution is 0.305. The fourth-order valence-corrected chi connectivity index (χ4v) is 2.29. The third kappa shape index (κ3) is 3.94. The average Bonchev–Trinajstić information content (AvgIpc) is 2.63. The van der Waals surface area contributed by atoms with E-state index in [1.165, 1.54) is 0 Å². The summed E-state index contributed by atoms with van der Waals surface area (Å²) in [6, 6.07) is 0. The average molecular weight is 271 g/mol.